The minimum Gasteiger partial charge on any atom is -0.394 e. The minimum atomic E-state index is -0.125. The monoisotopic (exact) mass is 250 g/mol. The summed E-state index contributed by atoms with van der Waals surface area (Å²) in [5, 5.41) is 15.2. The van der Waals surface area contributed by atoms with E-state index in [1.54, 1.807) is 0 Å². The molecule has 0 saturated heterocycles. The maximum Gasteiger partial charge on any atom is 0.238 e. The van der Waals surface area contributed by atoms with Crippen molar-refractivity contribution < 1.29 is 19.8 Å². The third-order valence-corrected chi connectivity index (χ3v) is 1.20. The molecule has 2 heterocycles. The van der Waals surface area contributed by atoms with Crippen LogP contribution in [0.25, 0.3) is 0 Å². The van der Waals surface area contributed by atoms with Crippen LogP contribution >= 0.6 is 0 Å². The Morgan fingerprint density at radius 1 is 0.778 bits per heavy atom. The van der Waals surface area contributed by atoms with Gasteiger partial charge in [-0.15, -0.1) is 0 Å². The van der Waals surface area contributed by atoms with Gasteiger partial charge in [-0.05, 0) is 0 Å². The van der Waals surface area contributed by atoms with Gasteiger partial charge in [0.1, 0.15) is 0 Å². The van der Waals surface area contributed by atoms with E-state index < -0.39 is 0 Å². The van der Waals surface area contributed by atoms with Crippen LogP contribution in [0.2, 0.25) is 0 Å². The highest BCUT2D eigenvalue weighted by atomic mass is 16.3. The van der Waals surface area contributed by atoms with E-state index in [1.807, 2.05) is 0 Å². The topological polar surface area (TPSA) is 124 Å². The Bertz CT molecular complexity index is 394. The van der Waals surface area contributed by atoms with Crippen molar-refractivity contribution in [2.45, 2.75) is 0 Å². The first-order chi connectivity index (χ1) is 8.78. The lowest BCUT2D eigenvalue weighted by Crippen LogP contribution is -1.85. The number of nitrogens with zero attached hydrogens (tertiary/aromatic N) is 4. The molecule has 0 aliphatic carbocycles. The largest absolute Gasteiger partial charge is 0.394 e. The summed E-state index contributed by atoms with van der Waals surface area (Å²) >= 11 is 0. The van der Waals surface area contributed by atoms with Crippen LogP contribution in [0.4, 0.5) is 0 Å². The molecule has 94 valence electrons. The van der Waals surface area contributed by atoms with Crippen LogP contribution in [0, 0.1) is 0 Å². The van der Waals surface area contributed by atoms with Gasteiger partial charge in [-0.1, -0.05) is 0 Å². The molecule has 2 rings (SSSR count). The summed E-state index contributed by atoms with van der Waals surface area (Å²) in [6.45, 7) is -0.250. The first kappa shape index (κ1) is 15.5. The molecule has 0 unspecified atom stereocenters. The van der Waals surface area contributed by atoms with Crippen molar-refractivity contribution in [2.75, 3.05) is 13.2 Å². The molecule has 0 atom stereocenters. The summed E-state index contributed by atoms with van der Waals surface area (Å²) in [4.78, 5) is 33.2. The average Bonchev–Trinajstić information content (AvgIpc) is 3.11. The highest BCUT2D eigenvalue weighted by molar-refractivity contribution is 6.19. The Kier molecular flexibility index (Phi) is 9.47. The quantitative estimate of drug-likeness (QED) is 0.555. The molecule has 0 saturated carbocycles. The van der Waals surface area contributed by atoms with Crippen LogP contribution in [0.1, 0.15) is 0 Å². The van der Waals surface area contributed by atoms with Crippen molar-refractivity contribution in [3.63, 3.8) is 0 Å². The second-order valence-electron chi connectivity index (χ2n) is 2.41. The second-order valence-corrected chi connectivity index (χ2v) is 2.41. The number of carbonyl (C=O) groups excluding carboxylic acids is 2. The minimum absolute atomic E-state index is 0.125. The zero-order valence-electron chi connectivity index (χ0n) is 9.22. The normalized spacial score (nSPS) is 13.4. The Labute approximate surface area is 102 Å². The average molecular weight is 250 g/mol. The fourth-order valence-electron chi connectivity index (χ4n) is 0.588. The van der Waals surface area contributed by atoms with E-state index >= 15 is 0 Å². The van der Waals surface area contributed by atoms with Crippen molar-refractivity contribution >= 4 is 36.7 Å². The SMILES string of the molecule is O=C=C1N=CC=N1.O=C=C1N=CC=N1.OCCO. The van der Waals surface area contributed by atoms with E-state index in [-0.39, 0.29) is 24.9 Å². The molecule has 2 aliphatic rings. The Balaban J connectivity index is 0.000000253. The molecule has 0 aromatic heterocycles. The molecule has 18 heavy (non-hydrogen) atoms. The van der Waals surface area contributed by atoms with Crippen LogP contribution in [0.15, 0.2) is 31.6 Å². The van der Waals surface area contributed by atoms with Gasteiger partial charge in [0.05, 0.1) is 13.2 Å². The lowest BCUT2D eigenvalue weighted by Gasteiger charge is -1.70. The third-order valence-electron chi connectivity index (χ3n) is 1.20. The zero-order chi connectivity index (χ0) is 13.6. The Hall–Kier alpha value is -2.50. The van der Waals surface area contributed by atoms with E-state index in [1.165, 1.54) is 36.7 Å². The standard InChI is InChI=1S/2C4H2N2O.C2H6O2/c2*7-3-4-5-1-2-6-4;3-1-2-4/h2*1-2H;3-4H,1-2H2. The highest BCUT2D eigenvalue weighted by Crippen LogP contribution is 1.93. The van der Waals surface area contributed by atoms with Gasteiger partial charge in [0, 0.05) is 24.9 Å². The molecule has 0 radical (unpaired) electrons. The van der Waals surface area contributed by atoms with Gasteiger partial charge in [0.25, 0.3) is 0 Å². The smallest absolute Gasteiger partial charge is 0.238 e. The van der Waals surface area contributed by atoms with Crippen molar-refractivity contribution in [1.29, 1.82) is 0 Å². The third kappa shape index (κ3) is 7.75. The van der Waals surface area contributed by atoms with Gasteiger partial charge >= 0.3 is 0 Å². The molecular weight excluding hydrogens is 240 g/mol. The van der Waals surface area contributed by atoms with Crippen LogP contribution in [-0.2, 0) is 9.59 Å². The van der Waals surface area contributed by atoms with Gasteiger partial charge < -0.3 is 10.2 Å². The summed E-state index contributed by atoms with van der Waals surface area (Å²) in [5.74, 6) is 3.32. The summed E-state index contributed by atoms with van der Waals surface area (Å²) in [5.41, 5.74) is 0. The number of hydrogen-bond donors (Lipinski definition) is 2. The van der Waals surface area contributed by atoms with Gasteiger partial charge in [-0.3, -0.25) is 0 Å². The van der Waals surface area contributed by atoms with Crippen LogP contribution in [0.3, 0.4) is 0 Å². The van der Waals surface area contributed by atoms with E-state index in [0.717, 1.165) is 0 Å². The predicted molar refractivity (Wildman–Crippen MR) is 66.6 cm³/mol. The molecule has 0 aromatic rings. The van der Waals surface area contributed by atoms with E-state index in [0.29, 0.717) is 0 Å². The fraction of sp³-hybridized carbons (Fsp3) is 0.200. The fourth-order valence-corrected chi connectivity index (χ4v) is 0.588. The first-order valence-electron chi connectivity index (χ1n) is 4.63. The van der Waals surface area contributed by atoms with Crippen LogP contribution in [-0.4, -0.2) is 60.2 Å². The van der Waals surface area contributed by atoms with E-state index in [2.05, 4.69) is 20.0 Å². The molecule has 8 heteroatoms. The van der Waals surface area contributed by atoms with Crippen molar-refractivity contribution in [3.8, 4) is 0 Å². The number of aliphatic hydroxyl groups excluding tert-OH is 2. The number of hydrogen-bond acceptors (Lipinski definition) is 8. The van der Waals surface area contributed by atoms with E-state index in [9.17, 15) is 9.59 Å². The summed E-state index contributed by atoms with van der Waals surface area (Å²) in [7, 11) is 0. The number of rotatable bonds is 1. The maximum absolute atomic E-state index is 9.62. The first-order valence-corrected chi connectivity index (χ1v) is 4.63. The molecule has 0 amide bonds. The van der Waals surface area contributed by atoms with Crippen LogP contribution in [0.5, 0.6) is 0 Å². The lowest BCUT2D eigenvalue weighted by molar-refractivity contribution is 0.186. The highest BCUT2D eigenvalue weighted by Gasteiger charge is 1.90. The Morgan fingerprint density at radius 2 is 1.06 bits per heavy atom. The van der Waals surface area contributed by atoms with Gasteiger partial charge in [0.15, 0.2) is 11.9 Å². The number of aliphatic hydroxyl groups is 2. The molecule has 0 aromatic carbocycles. The van der Waals surface area contributed by atoms with Crippen molar-refractivity contribution in [1.82, 2.24) is 0 Å². The predicted octanol–water partition coefficient (Wildman–Crippen LogP) is -1.40. The molecule has 0 fully saturated rings. The van der Waals surface area contributed by atoms with Crippen molar-refractivity contribution in [3.05, 3.63) is 11.6 Å². The van der Waals surface area contributed by atoms with Gasteiger partial charge in [-0.2, -0.15) is 0 Å². The molecule has 0 spiro atoms. The Morgan fingerprint density at radius 3 is 1.17 bits per heavy atom. The zero-order valence-corrected chi connectivity index (χ0v) is 9.22. The van der Waals surface area contributed by atoms with Crippen LogP contribution < -0.4 is 0 Å². The summed E-state index contributed by atoms with van der Waals surface area (Å²) in [6, 6.07) is 0. The molecule has 2 aliphatic heterocycles. The maximum atomic E-state index is 9.62. The molecule has 8 nitrogen and oxygen atoms in total. The van der Waals surface area contributed by atoms with Gasteiger partial charge in [-0.25, -0.2) is 29.6 Å². The van der Waals surface area contributed by atoms with Crippen molar-refractivity contribution in [2.24, 2.45) is 20.0 Å². The lowest BCUT2D eigenvalue weighted by atomic mass is 10.8. The van der Waals surface area contributed by atoms with Gasteiger partial charge in [0.2, 0.25) is 11.6 Å². The summed E-state index contributed by atoms with van der Waals surface area (Å²) in [6.07, 6.45) is 5.78. The molecular formula is C10H10N4O4. The molecule has 2 N–H and O–H groups in total. The summed E-state index contributed by atoms with van der Waals surface area (Å²) < 4.78 is 0. The van der Waals surface area contributed by atoms with E-state index in [4.69, 9.17) is 10.2 Å². The second kappa shape index (κ2) is 11.0. The molecule has 0 bridgehead atoms. The number of aliphatic imine (C=N–C) groups is 4.